The van der Waals surface area contributed by atoms with Gasteiger partial charge in [-0.1, -0.05) is 5.10 Å². The van der Waals surface area contributed by atoms with Gasteiger partial charge in [0, 0.05) is 13.6 Å². The third-order valence-electron chi connectivity index (χ3n) is 3.51. The van der Waals surface area contributed by atoms with Crippen LogP contribution >= 0.6 is 0 Å². The Morgan fingerprint density at radius 3 is 2.60 bits per heavy atom. The third-order valence-corrected chi connectivity index (χ3v) is 3.51. The normalized spacial score (nSPS) is 11.0. The molecule has 1 aromatic carbocycles. The fourth-order valence-electron chi connectivity index (χ4n) is 2.21. The van der Waals surface area contributed by atoms with Crippen molar-refractivity contribution in [1.29, 1.82) is 0 Å². The van der Waals surface area contributed by atoms with Gasteiger partial charge in [0.15, 0.2) is 11.2 Å². The number of halogens is 1. The largest absolute Gasteiger partial charge is 0.461 e. The molecule has 0 amide bonds. The standard InChI is InChI=1S/C15H15FN6O3/c1-17-7-8-25-14-18-11-12(19-20-14)22(15(24)21(2)13(11)23)10-5-3-9(16)4-6-10/h3-6,17H,7-8H2,1-2H3. The Bertz CT molecular complexity index is 1030. The maximum Gasteiger partial charge on any atom is 0.337 e. The summed E-state index contributed by atoms with van der Waals surface area (Å²) in [6.45, 7) is 0.857. The van der Waals surface area contributed by atoms with Crippen molar-refractivity contribution in [2.75, 3.05) is 20.2 Å². The number of rotatable bonds is 5. The molecule has 0 aliphatic rings. The van der Waals surface area contributed by atoms with Crippen molar-refractivity contribution >= 4 is 11.2 Å². The van der Waals surface area contributed by atoms with Gasteiger partial charge < -0.3 is 10.1 Å². The predicted octanol–water partition coefficient (Wildman–Crippen LogP) is -0.388. The highest BCUT2D eigenvalue weighted by atomic mass is 19.1. The van der Waals surface area contributed by atoms with Crippen LogP contribution in [0.1, 0.15) is 0 Å². The summed E-state index contributed by atoms with van der Waals surface area (Å²) < 4.78 is 20.5. The number of nitrogens with one attached hydrogen (secondary N) is 1. The average Bonchev–Trinajstić information content (AvgIpc) is 2.62. The highest BCUT2D eigenvalue weighted by Gasteiger charge is 2.17. The lowest BCUT2D eigenvalue weighted by atomic mass is 10.3. The van der Waals surface area contributed by atoms with E-state index in [1.165, 1.54) is 31.3 Å². The summed E-state index contributed by atoms with van der Waals surface area (Å²) >= 11 is 0. The molecule has 2 heterocycles. The van der Waals surface area contributed by atoms with Crippen LogP contribution in [0.3, 0.4) is 0 Å². The van der Waals surface area contributed by atoms with E-state index in [1.807, 2.05) is 0 Å². The van der Waals surface area contributed by atoms with E-state index in [-0.39, 0.29) is 17.2 Å². The first-order valence-corrected chi connectivity index (χ1v) is 7.42. The fourth-order valence-corrected chi connectivity index (χ4v) is 2.21. The topological polar surface area (TPSA) is 104 Å². The monoisotopic (exact) mass is 346 g/mol. The van der Waals surface area contributed by atoms with Gasteiger partial charge in [0.25, 0.3) is 5.56 Å². The zero-order valence-electron chi connectivity index (χ0n) is 13.6. The van der Waals surface area contributed by atoms with Gasteiger partial charge in [0.2, 0.25) is 0 Å². The number of nitrogens with zero attached hydrogens (tertiary/aromatic N) is 5. The van der Waals surface area contributed by atoms with E-state index >= 15 is 0 Å². The van der Waals surface area contributed by atoms with E-state index < -0.39 is 17.1 Å². The Morgan fingerprint density at radius 2 is 1.92 bits per heavy atom. The van der Waals surface area contributed by atoms with Crippen LogP contribution in [0, 0.1) is 5.82 Å². The first-order chi connectivity index (χ1) is 12.0. The summed E-state index contributed by atoms with van der Waals surface area (Å²) in [6.07, 6.45) is 0. The second-order valence-corrected chi connectivity index (χ2v) is 5.18. The van der Waals surface area contributed by atoms with Crippen molar-refractivity contribution in [1.82, 2.24) is 29.6 Å². The van der Waals surface area contributed by atoms with Crippen molar-refractivity contribution in [3.05, 3.63) is 50.9 Å². The van der Waals surface area contributed by atoms with E-state index in [2.05, 4.69) is 20.5 Å². The molecule has 0 aliphatic carbocycles. The number of fused-ring (bicyclic) bond motifs is 1. The summed E-state index contributed by atoms with van der Waals surface area (Å²) in [5.74, 6) is -0.449. The van der Waals surface area contributed by atoms with Gasteiger partial charge in [0.1, 0.15) is 12.4 Å². The quantitative estimate of drug-likeness (QED) is 0.628. The number of hydrogen-bond acceptors (Lipinski definition) is 7. The SMILES string of the molecule is CNCCOc1nnc2c(n1)c(=O)n(C)c(=O)n2-c1ccc(F)cc1. The highest BCUT2D eigenvalue weighted by molar-refractivity contribution is 5.70. The zero-order chi connectivity index (χ0) is 18.0. The molecule has 0 fully saturated rings. The summed E-state index contributed by atoms with van der Waals surface area (Å²) in [4.78, 5) is 28.9. The lowest BCUT2D eigenvalue weighted by Gasteiger charge is -2.11. The molecule has 2 aromatic heterocycles. The van der Waals surface area contributed by atoms with Crippen molar-refractivity contribution in [3.8, 4) is 11.7 Å². The second-order valence-electron chi connectivity index (χ2n) is 5.18. The average molecular weight is 346 g/mol. The minimum absolute atomic E-state index is 0.0272. The van der Waals surface area contributed by atoms with Crippen LogP contribution in [-0.2, 0) is 7.05 Å². The molecule has 1 N–H and O–H groups in total. The number of hydrogen-bond donors (Lipinski definition) is 1. The lowest BCUT2D eigenvalue weighted by Crippen LogP contribution is -2.38. The number of aromatic nitrogens is 5. The molecule has 0 unspecified atom stereocenters. The number of likely N-dealkylation sites (N-methyl/N-ethyl adjacent to an activating group) is 1. The molecule has 0 spiro atoms. The van der Waals surface area contributed by atoms with Crippen LogP contribution in [-0.4, -0.2) is 44.5 Å². The van der Waals surface area contributed by atoms with Gasteiger partial charge in [-0.05, 0) is 31.3 Å². The summed E-state index contributed by atoms with van der Waals surface area (Å²) in [5.41, 5.74) is -1.01. The zero-order valence-corrected chi connectivity index (χ0v) is 13.6. The Labute approximate surface area is 140 Å². The molecule has 0 saturated carbocycles. The van der Waals surface area contributed by atoms with Crippen LogP contribution in [0.5, 0.6) is 6.01 Å². The van der Waals surface area contributed by atoms with Crippen molar-refractivity contribution in [2.45, 2.75) is 0 Å². The van der Waals surface area contributed by atoms with Crippen molar-refractivity contribution in [2.24, 2.45) is 7.05 Å². The smallest absolute Gasteiger partial charge is 0.337 e. The summed E-state index contributed by atoms with van der Waals surface area (Å²) in [7, 11) is 3.09. The van der Waals surface area contributed by atoms with Gasteiger partial charge in [0.05, 0.1) is 5.69 Å². The van der Waals surface area contributed by atoms with E-state index in [0.717, 1.165) is 9.13 Å². The highest BCUT2D eigenvalue weighted by Crippen LogP contribution is 2.12. The van der Waals surface area contributed by atoms with E-state index in [9.17, 15) is 14.0 Å². The van der Waals surface area contributed by atoms with E-state index in [4.69, 9.17) is 4.74 Å². The Hall–Kier alpha value is -3.14. The first-order valence-electron chi connectivity index (χ1n) is 7.42. The number of benzene rings is 1. The van der Waals surface area contributed by atoms with Crippen LogP contribution in [0.2, 0.25) is 0 Å². The molecular formula is C15H15FN6O3. The van der Waals surface area contributed by atoms with Crippen LogP contribution in [0.4, 0.5) is 4.39 Å². The van der Waals surface area contributed by atoms with Gasteiger partial charge >= 0.3 is 11.7 Å². The Kier molecular flexibility index (Phi) is 4.52. The fraction of sp³-hybridized carbons (Fsp3) is 0.267. The van der Waals surface area contributed by atoms with E-state index in [0.29, 0.717) is 18.8 Å². The van der Waals surface area contributed by atoms with Gasteiger partial charge in [-0.15, -0.1) is 5.10 Å². The molecule has 0 saturated heterocycles. The first kappa shape index (κ1) is 16.7. The van der Waals surface area contributed by atoms with Crippen molar-refractivity contribution < 1.29 is 9.13 Å². The predicted molar refractivity (Wildman–Crippen MR) is 87.6 cm³/mol. The van der Waals surface area contributed by atoms with Gasteiger partial charge in [-0.25, -0.2) is 13.8 Å². The molecule has 10 heteroatoms. The molecule has 3 rings (SSSR count). The molecule has 3 aromatic rings. The molecule has 9 nitrogen and oxygen atoms in total. The Morgan fingerprint density at radius 1 is 1.20 bits per heavy atom. The second kappa shape index (κ2) is 6.77. The molecule has 0 radical (unpaired) electrons. The molecule has 130 valence electrons. The molecule has 0 aliphatic heterocycles. The maximum absolute atomic E-state index is 13.2. The molecular weight excluding hydrogens is 331 g/mol. The molecule has 0 bridgehead atoms. The summed E-state index contributed by atoms with van der Waals surface area (Å²) in [6, 6.07) is 5.15. The third kappa shape index (κ3) is 3.11. The Balaban J connectivity index is 2.21. The van der Waals surface area contributed by atoms with E-state index in [1.54, 1.807) is 7.05 Å². The maximum atomic E-state index is 13.2. The molecule has 0 atom stereocenters. The summed E-state index contributed by atoms with van der Waals surface area (Å²) in [5, 5.41) is 10.6. The van der Waals surface area contributed by atoms with Gasteiger partial charge in [-0.2, -0.15) is 4.98 Å². The minimum atomic E-state index is -0.635. The minimum Gasteiger partial charge on any atom is -0.461 e. The van der Waals surface area contributed by atoms with Crippen molar-refractivity contribution in [3.63, 3.8) is 0 Å². The number of ether oxygens (including phenoxy) is 1. The van der Waals surface area contributed by atoms with Crippen LogP contribution in [0.25, 0.3) is 16.9 Å². The van der Waals surface area contributed by atoms with Gasteiger partial charge in [-0.3, -0.25) is 9.36 Å². The van der Waals surface area contributed by atoms with Crippen LogP contribution < -0.4 is 21.3 Å². The lowest BCUT2D eigenvalue weighted by molar-refractivity contribution is 0.291. The van der Waals surface area contributed by atoms with Crippen LogP contribution in [0.15, 0.2) is 33.9 Å². The molecule has 25 heavy (non-hydrogen) atoms.